The Kier molecular flexibility index (Phi) is 6.62. The second kappa shape index (κ2) is 8.06. The minimum Gasteiger partial charge on any atom is -0.382 e. The van der Waals surface area contributed by atoms with Crippen LogP contribution in [0.25, 0.3) is 0 Å². The molecule has 94 valence electrons. The molecule has 0 aromatic heterocycles. The highest BCUT2D eigenvalue weighted by molar-refractivity contribution is 6.30. The highest BCUT2D eigenvalue weighted by atomic mass is 35.5. The maximum atomic E-state index is 5.80. The molecule has 0 N–H and O–H groups in total. The van der Waals surface area contributed by atoms with Crippen LogP contribution in [-0.2, 0) is 9.47 Å². The van der Waals surface area contributed by atoms with Crippen molar-refractivity contribution in [2.45, 2.75) is 0 Å². The Labute approximate surface area is 107 Å². The van der Waals surface area contributed by atoms with Gasteiger partial charge in [-0.15, -0.1) is 0 Å². The van der Waals surface area contributed by atoms with Crippen LogP contribution in [0.5, 0.6) is 0 Å². The summed E-state index contributed by atoms with van der Waals surface area (Å²) in [6.07, 6.45) is 1.71. The van der Waals surface area contributed by atoms with Gasteiger partial charge >= 0.3 is 0 Å². The molecule has 1 aromatic carbocycles. The molecule has 0 aliphatic heterocycles. The first-order valence-corrected chi connectivity index (χ1v) is 5.70. The lowest BCUT2D eigenvalue weighted by Gasteiger charge is -2.12. The first-order chi connectivity index (χ1) is 8.24. The molecule has 0 unspecified atom stereocenters. The van der Waals surface area contributed by atoms with Gasteiger partial charge in [-0.05, 0) is 24.3 Å². The molecule has 0 fully saturated rings. The first kappa shape index (κ1) is 14.0. The van der Waals surface area contributed by atoms with Crippen molar-refractivity contribution in [3.05, 3.63) is 29.3 Å². The lowest BCUT2D eigenvalue weighted by molar-refractivity contribution is 0.0911. The molecule has 0 spiro atoms. The number of methoxy groups -OCH3 is 1. The highest BCUT2D eigenvalue weighted by Crippen LogP contribution is 2.16. The van der Waals surface area contributed by atoms with Gasteiger partial charge < -0.3 is 9.47 Å². The molecule has 0 aliphatic rings. The number of anilines is 1. The molecule has 0 heterocycles. The van der Waals surface area contributed by atoms with E-state index >= 15 is 0 Å². The molecule has 4 nitrogen and oxygen atoms in total. The fourth-order valence-electron chi connectivity index (χ4n) is 1.16. The summed E-state index contributed by atoms with van der Waals surface area (Å²) in [5.74, 6) is 0. The molecule has 0 bridgehead atoms. The lowest BCUT2D eigenvalue weighted by Crippen LogP contribution is -2.10. The van der Waals surface area contributed by atoms with E-state index in [1.807, 2.05) is 31.3 Å². The number of hydrogen-bond donors (Lipinski definition) is 0. The van der Waals surface area contributed by atoms with Crippen LogP contribution in [0, 0.1) is 0 Å². The first-order valence-electron chi connectivity index (χ1n) is 5.32. The molecular formula is C12H17ClN2O2. The quantitative estimate of drug-likeness (QED) is 0.427. The van der Waals surface area contributed by atoms with Gasteiger partial charge in [0.05, 0.1) is 31.7 Å². The van der Waals surface area contributed by atoms with E-state index in [-0.39, 0.29) is 0 Å². The normalized spacial score (nSPS) is 11.0. The van der Waals surface area contributed by atoms with Gasteiger partial charge in [0.15, 0.2) is 0 Å². The van der Waals surface area contributed by atoms with Crippen LogP contribution in [0.2, 0.25) is 5.02 Å². The van der Waals surface area contributed by atoms with Crippen LogP contribution in [0.1, 0.15) is 0 Å². The van der Waals surface area contributed by atoms with Crippen molar-refractivity contribution < 1.29 is 9.47 Å². The van der Waals surface area contributed by atoms with Crippen molar-refractivity contribution in [2.75, 3.05) is 39.0 Å². The number of hydrazone groups is 1. The number of hydrogen-bond acceptors (Lipinski definition) is 4. The fraction of sp³-hybridized carbons (Fsp3) is 0.417. The Bertz CT molecular complexity index is 341. The van der Waals surface area contributed by atoms with E-state index in [0.29, 0.717) is 24.8 Å². The second-order valence-corrected chi connectivity index (χ2v) is 3.80. The summed E-state index contributed by atoms with van der Waals surface area (Å²) in [6.45, 7) is 1.65. The van der Waals surface area contributed by atoms with Crippen LogP contribution < -0.4 is 5.01 Å². The van der Waals surface area contributed by atoms with Gasteiger partial charge in [0.1, 0.15) is 0 Å². The summed E-state index contributed by atoms with van der Waals surface area (Å²) in [6, 6.07) is 7.48. The zero-order valence-electron chi connectivity index (χ0n) is 10.1. The zero-order chi connectivity index (χ0) is 12.5. The minimum atomic E-state index is 0.474. The Hall–Kier alpha value is -1.10. The Balaban J connectivity index is 2.30. The minimum absolute atomic E-state index is 0.474. The molecule has 0 aliphatic carbocycles. The highest BCUT2D eigenvalue weighted by Gasteiger charge is 1.96. The summed E-state index contributed by atoms with van der Waals surface area (Å²) in [5, 5.41) is 6.70. The van der Waals surface area contributed by atoms with Crippen LogP contribution in [0.3, 0.4) is 0 Å². The van der Waals surface area contributed by atoms with Gasteiger partial charge in [-0.2, -0.15) is 5.10 Å². The number of benzene rings is 1. The third-order valence-electron chi connectivity index (χ3n) is 2.08. The summed E-state index contributed by atoms with van der Waals surface area (Å²) >= 11 is 5.80. The molecule has 0 saturated carbocycles. The molecular weight excluding hydrogens is 240 g/mol. The van der Waals surface area contributed by atoms with E-state index in [1.54, 1.807) is 18.3 Å². The van der Waals surface area contributed by atoms with Crippen LogP contribution in [0.15, 0.2) is 29.4 Å². The van der Waals surface area contributed by atoms with Crippen molar-refractivity contribution in [1.29, 1.82) is 0 Å². The van der Waals surface area contributed by atoms with Crippen LogP contribution in [-0.4, -0.2) is 40.2 Å². The second-order valence-electron chi connectivity index (χ2n) is 3.37. The summed E-state index contributed by atoms with van der Waals surface area (Å²) in [5.41, 5.74) is 0.975. The van der Waals surface area contributed by atoms with Gasteiger partial charge in [0, 0.05) is 19.2 Å². The van der Waals surface area contributed by atoms with E-state index in [2.05, 4.69) is 5.10 Å². The predicted molar refractivity (Wildman–Crippen MR) is 71.0 cm³/mol. The molecule has 1 aromatic rings. The molecule has 5 heteroatoms. The zero-order valence-corrected chi connectivity index (χ0v) is 10.9. The van der Waals surface area contributed by atoms with Crippen molar-refractivity contribution in [2.24, 2.45) is 5.10 Å². The number of rotatable bonds is 7. The van der Waals surface area contributed by atoms with Crippen LogP contribution in [0.4, 0.5) is 5.69 Å². The average Bonchev–Trinajstić information content (AvgIpc) is 2.34. The summed E-state index contributed by atoms with van der Waals surface area (Å²) < 4.78 is 10.1. The van der Waals surface area contributed by atoms with Crippen LogP contribution >= 0.6 is 11.6 Å². The monoisotopic (exact) mass is 256 g/mol. The van der Waals surface area contributed by atoms with Crippen molar-refractivity contribution in [1.82, 2.24) is 0 Å². The third kappa shape index (κ3) is 5.68. The predicted octanol–water partition coefficient (Wildman–Crippen LogP) is 2.43. The van der Waals surface area contributed by atoms with E-state index in [4.69, 9.17) is 21.1 Å². The van der Waals surface area contributed by atoms with E-state index in [1.165, 1.54) is 0 Å². The van der Waals surface area contributed by atoms with Gasteiger partial charge in [0.25, 0.3) is 0 Å². The van der Waals surface area contributed by atoms with Crippen molar-refractivity contribution in [3.63, 3.8) is 0 Å². The molecule has 0 saturated heterocycles. The fourth-order valence-corrected chi connectivity index (χ4v) is 1.28. The third-order valence-corrected chi connectivity index (χ3v) is 2.33. The Morgan fingerprint density at radius 2 is 2.00 bits per heavy atom. The smallest absolute Gasteiger partial charge is 0.0837 e. The maximum absolute atomic E-state index is 5.80. The van der Waals surface area contributed by atoms with Crippen molar-refractivity contribution >= 4 is 23.5 Å². The van der Waals surface area contributed by atoms with Gasteiger partial charge in [-0.1, -0.05) is 11.6 Å². The molecule has 0 atom stereocenters. The van der Waals surface area contributed by atoms with Gasteiger partial charge in [0.2, 0.25) is 0 Å². The van der Waals surface area contributed by atoms with Gasteiger partial charge in [-0.25, -0.2) is 0 Å². The Morgan fingerprint density at radius 3 is 2.65 bits per heavy atom. The summed E-state index contributed by atoms with van der Waals surface area (Å²) in [7, 11) is 3.51. The largest absolute Gasteiger partial charge is 0.382 e. The molecule has 0 amide bonds. The standard InChI is InChI=1S/C12H17ClN2O2/c1-15(12-5-3-11(13)4-6-12)14-7-8-17-10-9-16-2/h3-7H,8-10H2,1-2H3. The molecule has 1 rings (SSSR count). The average molecular weight is 257 g/mol. The molecule has 0 radical (unpaired) electrons. The molecule has 17 heavy (non-hydrogen) atoms. The van der Waals surface area contributed by atoms with E-state index in [0.717, 1.165) is 5.69 Å². The van der Waals surface area contributed by atoms with Gasteiger partial charge in [-0.3, -0.25) is 5.01 Å². The number of ether oxygens (including phenoxy) is 2. The number of halogens is 1. The SMILES string of the molecule is COCCOCC=NN(C)c1ccc(Cl)cc1. The van der Waals surface area contributed by atoms with E-state index in [9.17, 15) is 0 Å². The lowest BCUT2D eigenvalue weighted by atomic mass is 10.3. The Morgan fingerprint density at radius 1 is 1.29 bits per heavy atom. The summed E-state index contributed by atoms with van der Waals surface area (Å²) in [4.78, 5) is 0. The number of nitrogens with zero attached hydrogens (tertiary/aromatic N) is 2. The maximum Gasteiger partial charge on any atom is 0.0837 e. The topological polar surface area (TPSA) is 34.1 Å². The van der Waals surface area contributed by atoms with Crippen molar-refractivity contribution in [3.8, 4) is 0 Å². The van der Waals surface area contributed by atoms with E-state index < -0.39 is 0 Å².